The van der Waals surface area contributed by atoms with Crippen LogP contribution in [0.1, 0.15) is 28.4 Å². The SMILES string of the molecule is COc1cc([C@@H]2c3[nH]c4ccccc4c3C[C@@H]3C(=O)N(Cc4ccc(Cl)cc4)CC(=O)N23)cc(OC)c1OC. The first-order valence-corrected chi connectivity index (χ1v) is 13.0. The number of nitrogens with zero attached hydrogens (tertiary/aromatic N) is 2. The van der Waals surface area contributed by atoms with Gasteiger partial charge in [-0.3, -0.25) is 9.59 Å². The van der Waals surface area contributed by atoms with E-state index in [9.17, 15) is 9.59 Å². The molecule has 200 valence electrons. The van der Waals surface area contributed by atoms with Crippen molar-refractivity contribution in [1.29, 1.82) is 0 Å². The first-order valence-electron chi connectivity index (χ1n) is 12.7. The molecule has 3 aromatic carbocycles. The summed E-state index contributed by atoms with van der Waals surface area (Å²) in [5, 5.41) is 1.66. The van der Waals surface area contributed by atoms with Crippen molar-refractivity contribution in [2.24, 2.45) is 0 Å². The van der Waals surface area contributed by atoms with Crippen LogP contribution < -0.4 is 14.2 Å². The minimum atomic E-state index is -0.658. The Morgan fingerprint density at radius 2 is 1.64 bits per heavy atom. The van der Waals surface area contributed by atoms with Crippen LogP contribution in [0.2, 0.25) is 5.02 Å². The summed E-state index contributed by atoms with van der Waals surface area (Å²) in [5.74, 6) is 1.20. The summed E-state index contributed by atoms with van der Waals surface area (Å²) >= 11 is 6.05. The number of halogens is 1. The molecule has 4 aromatic rings. The molecule has 6 rings (SSSR count). The Labute approximate surface area is 231 Å². The molecule has 1 fully saturated rings. The van der Waals surface area contributed by atoms with Gasteiger partial charge >= 0.3 is 0 Å². The summed E-state index contributed by atoms with van der Waals surface area (Å²) < 4.78 is 16.8. The molecule has 8 nitrogen and oxygen atoms in total. The average Bonchev–Trinajstić information content (AvgIpc) is 3.33. The highest BCUT2D eigenvalue weighted by molar-refractivity contribution is 6.30. The van der Waals surface area contributed by atoms with Crippen LogP contribution in [-0.4, -0.2) is 60.5 Å². The number of rotatable bonds is 6. The maximum Gasteiger partial charge on any atom is 0.246 e. The lowest BCUT2D eigenvalue weighted by Gasteiger charge is -2.47. The van der Waals surface area contributed by atoms with Crippen molar-refractivity contribution in [3.05, 3.63) is 88.1 Å². The molecule has 39 heavy (non-hydrogen) atoms. The molecule has 2 aliphatic heterocycles. The van der Waals surface area contributed by atoms with Gasteiger partial charge in [0.05, 0.1) is 27.4 Å². The van der Waals surface area contributed by atoms with Crippen molar-refractivity contribution >= 4 is 34.3 Å². The molecule has 1 aromatic heterocycles. The number of carbonyl (C=O) groups excluding carboxylic acids is 2. The van der Waals surface area contributed by atoms with Crippen molar-refractivity contribution in [1.82, 2.24) is 14.8 Å². The van der Waals surface area contributed by atoms with Crippen molar-refractivity contribution in [2.45, 2.75) is 25.0 Å². The molecule has 2 amide bonds. The van der Waals surface area contributed by atoms with E-state index in [0.29, 0.717) is 35.2 Å². The number of aromatic nitrogens is 1. The van der Waals surface area contributed by atoms with E-state index < -0.39 is 12.1 Å². The molecule has 0 bridgehead atoms. The number of nitrogens with one attached hydrogen (secondary N) is 1. The standard InChI is InChI=1S/C30H28ClN3O5/c1-37-24-12-18(13-25(38-2)29(24)39-3)28-27-21(20-6-4-5-7-22(20)32-27)14-23-30(36)33(16-26(35)34(23)28)15-17-8-10-19(31)11-9-17/h4-13,23,28,32H,14-16H2,1-3H3/t23-,28-/m1/s1. The number of carbonyl (C=O) groups is 2. The topological polar surface area (TPSA) is 84.1 Å². The smallest absolute Gasteiger partial charge is 0.246 e. The lowest BCUT2D eigenvalue weighted by Crippen LogP contribution is -2.62. The van der Waals surface area contributed by atoms with Crippen molar-refractivity contribution in [3.63, 3.8) is 0 Å². The first kappa shape index (κ1) is 25.1. The van der Waals surface area contributed by atoms with Crippen LogP contribution >= 0.6 is 11.6 Å². The fourth-order valence-corrected chi connectivity index (χ4v) is 6.00. The van der Waals surface area contributed by atoms with Crippen LogP contribution in [0.15, 0.2) is 60.7 Å². The maximum atomic E-state index is 14.0. The van der Waals surface area contributed by atoms with Gasteiger partial charge in [0.2, 0.25) is 17.6 Å². The molecule has 1 saturated heterocycles. The minimum absolute atomic E-state index is 0.0194. The van der Waals surface area contributed by atoms with Gasteiger partial charge in [0.15, 0.2) is 11.5 Å². The quantitative estimate of drug-likeness (QED) is 0.379. The zero-order valence-corrected chi connectivity index (χ0v) is 22.6. The zero-order valence-electron chi connectivity index (χ0n) is 21.9. The number of H-pyrrole nitrogens is 1. The van der Waals surface area contributed by atoms with E-state index in [-0.39, 0.29) is 18.4 Å². The van der Waals surface area contributed by atoms with Crippen LogP contribution in [-0.2, 0) is 22.6 Å². The summed E-state index contributed by atoms with van der Waals surface area (Å²) in [6, 6.07) is 17.8. The highest BCUT2D eigenvalue weighted by Gasteiger charge is 2.48. The predicted octanol–water partition coefficient (Wildman–Crippen LogP) is 4.73. The van der Waals surface area contributed by atoms with E-state index in [0.717, 1.165) is 33.3 Å². The molecule has 0 saturated carbocycles. The van der Waals surface area contributed by atoms with Crippen molar-refractivity contribution < 1.29 is 23.8 Å². The third kappa shape index (κ3) is 4.15. The van der Waals surface area contributed by atoms with Crippen LogP contribution in [0.5, 0.6) is 17.2 Å². The number of hydrogen-bond donors (Lipinski definition) is 1. The molecule has 1 N–H and O–H groups in total. The normalized spacial score (nSPS) is 18.7. The van der Waals surface area contributed by atoms with Gasteiger partial charge in [-0.15, -0.1) is 0 Å². The number of methoxy groups -OCH3 is 3. The number of para-hydroxylation sites is 1. The Morgan fingerprint density at radius 1 is 0.949 bits per heavy atom. The van der Waals surface area contributed by atoms with Gasteiger partial charge in [-0.05, 0) is 47.0 Å². The molecule has 3 heterocycles. The Hall–Kier alpha value is -4.17. The molecular weight excluding hydrogens is 518 g/mol. The first-order chi connectivity index (χ1) is 18.9. The second kappa shape index (κ2) is 9.85. The highest BCUT2D eigenvalue weighted by atomic mass is 35.5. The largest absolute Gasteiger partial charge is 0.493 e. The molecule has 0 spiro atoms. The van der Waals surface area contributed by atoms with Gasteiger partial charge in [-0.25, -0.2) is 0 Å². The molecule has 2 atom stereocenters. The summed E-state index contributed by atoms with van der Waals surface area (Å²) in [4.78, 5) is 34.8. The summed E-state index contributed by atoms with van der Waals surface area (Å²) in [7, 11) is 4.67. The fraction of sp³-hybridized carbons (Fsp3) is 0.267. The molecule has 0 unspecified atom stereocenters. The van der Waals surface area contributed by atoms with E-state index >= 15 is 0 Å². The van der Waals surface area contributed by atoms with Gasteiger partial charge in [0.1, 0.15) is 12.6 Å². The van der Waals surface area contributed by atoms with Crippen LogP contribution in [0.4, 0.5) is 0 Å². The fourth-order valence-electron chi connectivity index (χ4n) is 5.87. The Morgan fingerprint density at radius 3 is 2.31 bits per heavy atom. The van der Waals surface area contributed by atoms with Gasteiger partial charge in [-0.1, -0.05) is 41.9 Å². The zero-order chi connectivity index (χ0) is 27.3. The predicted molar refractivity (Wildman–Crippen MR) is 147 cm³/mol. The lowest BCUT2D eigenvalue weighted by molar-refractivity contribution is -0.159. The number of benzene rings is 3. The third-order valence-corrected chi connectivity index (χ3v) is 7.88. The van der Waals surface area contributed by atoms with E-state index in [1.54, 1.807) is 43.3 Å². The van der Waals surface area contributed by atoms with Gasteiger partial charge < -0.3 is 29.0 Å². The third-order valence-electron chi connectivity index (χ3n) is 7.63. The van der Waals surface area contributed by atoms with E-state index in [1.165, 1.54) is 0 Å². The number of fused-ring (bicyclic) bond motifs is 4. The highest BCUT2D eigenvalue weighted by Crippen LogP contribution is 2.47. The Kier molecular flexibility index (Phi) is 6.35. The number of hydrogen-bond acceptors (Lipinski definition) is 5. The summed E-state index contributed by atoms with van der Waals surface area (Å²) in [5.41, 5.74) is 4.54. The summed E-state index contributed by atoms with van der Waals surface area (Å²) in [6.07, 6.45) is 0.419. The van der Waals surface area contributed by atoms with Gasteiger partial charge in [-0.2, -0.15) is 0 Å². The van der Waals surface area contributed by atoms with Crippen LogP contribution in [0.3, 0.4) is 0 Å². The molecule has 0 aliphatic carbocycles. The Bertz CT molecular complexity index is 1560. The number of ether oxygens (including phenoxy) is 3. The van der Waals surface area contributed by atoms with Crippen molar-refractivity contribution in [2.75, 3.05) is 27.9 Å². The molecule has 9 heteroatoms. The maximum absolute atomic E-state index is 14.0. The number of aromatic amines is 1. The second-order valence-electron chi connectivity index (χ2n) is 9.77. The van der Waals surface area contributed by atoms with E-state index in [2.05, 4.69) is 4.98 Å². The molecule has 2 aliphatic rings. The molecular formula is C30H28ClN3O5. The van der Waals surface area contributed by atoms with Gasteiger partial charge in [0, 0.05) is 34.6 Å². The summed E-state index contributed by atoms with van der Waals surface area (Å²) in [6.45, 7) is 0.316. The van der Waals surface area contributed by atoms with Crippen LogP contribution in [0, 0.1) is 0 Å². The van der Waals surface area contributed by atoms with Gasteiger partial charge in [0.25, 0.3) is 0 Å². The monoisotopic (exact) mass is 545 g/mol. The second-order valence-corrected chi connectivity index (χ2v) is 10.2. The average molecular weight is 546 g/mol. The minimum Gasteiger partial charge on any atom is -0.493 e. The molecule has 0 radical (unpaired) electrons. The Balaban J connectivity index is 1.48. The number of piperazine rings is 1. The lowest BCUT2D eigenvalue weighted by atomic mass is 9.86. The van der Waals surface area contributed by atoms with E-state index in [4.69, 9.17) is 25.8 Å². The number of amides is 2. The van der Waals surface area contributed by atoms with Crippen molar-refractivity contribution in [3.8, 4) is 17.2 Å². The van der Waals surface area contributed by atoms with Crippen LogP contribution in [0.25, 0.3) is 10.9 Å². The van der Waals surface area contributed by atoms with E-state index in [1.807, 2.05) is 48.5 Å².